The van der Waals surface area contributed by atoms with Gasteiger partial charge in [-0.05, 0) is 48.9 Å². The highest BCUT2D eigenvalue weighted by atomic mass is 19.1. The van der Waals surface area contributed by atoms with Crippen LogP contribution in [0.5, 0.6) is 0 Å². The lowest BCUT2D eigenvalue weighted by molar-refractivity contribution is -0.133. The van der Waals surface area contributed by atoms with E-state index in [1.807, 2.05) is 0 Å². The first-order valence-electron chi connectivity index (χ1n) is 6.90. The summed E-state index contributed by atoms with van der Waals surface area (Å²) in [7, 11) is 0. The SMILES string of the molecule is NCC1(C2(O)CCc3cc(F)ccc32)CCOCC1. The lowest BCUT2D eigenvalue weighted by atomic mass is 9.64. The number of fused-ring (bicyclic) bond motifs is 1. The Morgan fingerprint density at radius 2 is 2.00 bits per heavy atom. The number of hydrogen-bond acceptors (Lipinski definition) is 3. The molecule has 3 nitrogen and oxygen atoms in total. The monoisotopic (exact) mass is 265 g/mol. The lowest BCUT2D eigenvalue weighted by Gasteiger charge is -2.47. The third-order valence-corrected chi connectivity index (χ3v) is 4.99. The van der Waals surface area contributed by atoms with Crippen LogP contribution in [0.4, 0.5) is 4.39 Å². The van der Waals surface area contributed by atoms with E-state index in [1.165, 1.54) is 12.1 Å². The summed E-state index contributed by atoms with van der Waals surface area (Å²) in [5.74, 6) is -0.239. The van der Waals surface area contributed by atoms with Gasteiger partial charge in [0.25, 0.3) is 0 Å². The molecule has 1 aromatic rings. The predicted molar refractivity (Wildman–Crippen MR) is 70.2 cm³/mol. The van der Waals surface area contributed by atoms with Gasteiger partial charge in [0.15, 0.2) is 0 Å². The summed E-state index contributed by atoms with van der Waals surface area (Å²) in [4.78, 5) is 0. The molecule has 1 aromatic carbocycles. The smallest absolute Gasteiger partial charge is 0.123 e. The maximum Gasteiger partial charge on any atom is 0.123 e. The van der Waals surface area contributed by atoms with Crippen LogP contribution < -0.4 is 5.73 Å². The van der Waals surface area contributed by atoms with Crippen LogP contribution in [0.15, 0.2) is 18.2 Å². The Morgan fingerprint density at radius 3 is 2.68 bits per heavy atom. The van der Waals surface area contributed by atoms with Crippen molar-refractivity contribution in [2.45, 2.75) is 31.3 Å². The molecule has 3 rings (SSSR count). The molecule has 0 spiro atoms. The van der Waals surface area contributed by atoms with Gasteiger partial charge in [0.2, 0.25) is 0 Å². The Hall–Kier alpha value is -0.970. The summed E-state index contributed by atoms with van der Waals surface area (Å²) < 4.78 is 18.7. The van der Waals surface area contributed by atoms with Crippen LogP contribution in [0.2, 0.25) is 0 Å². The molecule has 0 saturated carbocycles. The molecule has 4 heteroatoms. The summed E-state index contributed by atoms with van der Waals surface area (Å²) in [6.07, 6.45) is 2.86. The number of nitrogens with two attached hydrogens (primary N) is 1. The molecule has 1 atom stereocenters. The molecule has 1 heterocycles. The van der Waals surface area contributed by atoms with Gasteiger partial charge >= 0.3 is 0 Å². The van der Waals surface area contributed by atoms with E-state index in [0.717, 1.165) is 24.0 Å². The summed E-state index contributed by atoms with van der Waals surface area (Å²) in [6.45, 7) is 1.70. The standard InChI is InChI=1S/C15H20FNO2/c16-12-1-2-13-11(9-12)3-4-15(13,18)14(10-17)5-7-19-8-6-14/h1-2,9,18H,3-8,10,17H2. The van der Waals surface area contributed by atoms with Crippen molar-refractivity contribution in [1.29, 1.82) is 0 Å². The minimum atomic E-state index is -0.936. The summed E-state index contributed by atoms with van der Waals surface area (Å²) >= 11 is 0. The maximum absolute atomic E-state index is 13.3. The van der Waals surface area contributed by atoms with Gasteiger partial charge in [-0.3, -0.25) is 0 Å². The molecule has 0 amide bonds. The van der Waals surface area contributed by atoms with Crippen molar-refractivity contribution in [3.8, 4) is 0 Å². The minimum Gasteiger partial charge on any atom is -0.385 e. The largest absolute Gasteiger partial charge is 0.385 e. The van der Waals surface area contributed by atoms with E-state index >= 15 is 0 Å². The van der Waals surface area contributed by atoms with Gasteiger partial charge in [-0.25, -0.2) is 4.39 Å². The molecule has 0 bridgehead atoms. The van der Waals surface area contributed by atoms with Gasteiger partial charge in [0, 0.05) is 25.2 Å². The molecule has 1 aliphatic carbocycles. The summed E-state index contributed by atoms with van der Waals surface area (Å²) in [5, 5.41) is 11.3. The van der Waals surface area contributed by atoms with Crippen molar-refractivity contribution in [2.24, 2.45) is 11.1 Å². The molecular weight excluding hydrogens is 245 g/mol. The molecule has 0 radical (unpaired) electrons. The van der Waals surface area contributed by atoms with E-state index in [1.54, 1.807) is 6.07 Å². The number of ether oxygens (including phenoxy) is 1. The van der Waals surface area contributed by atoms with Crippen LogP contribution in [-0.2, 0) is 16.8 Å². The number of hydrogen-bond donors (Lipinski definition) is 2. The van der Waals surface area contributed by atoms with Gasteiger partial charge in [-0.2, -0.15) is 0 Å². The molecule has 1 unspecified atom stereocenters. The second-order valence-electron chi connectivity index (χ2n) is 5.76. The van der Waals surface area contributed by atoms with E-state index in [0.29, 0.717) is 32.6 Å². The summed E-state index contributed by atoms with van der Waals surface area (Å²) in [5.41, 5.74) is 6.51. The Balaban J connectivity index is 2.05. The van der Waals surface area contributed by atoms with Crippen molar-refractivity contribution in [1.82, 2.24) is 0 Å². The van der Waals surface area contributed by atoms with Crippen LogP contribution in [0.1, 0.15) is 30.4 Å². The van der Waals surface area contributed by atoms with Crippen molar-refractivity contribution in [2.75, 3.05) is 19.8 Å². The minimum absolute atomic E-state index is 0.239. The molecule has 1 aliphatic heterocycles. The molecule has 19 heavy (non-hydrogen) atoms. The fourth-order valence-corrected chi connectivity index (χ4v) is 3.72. The molecule has 3 N–H and O–H groups in total. The average Bonchev–Trinajstić information content (AvgIpc) is 2.78. The lowest BCUT2D eigenvalue weighted by Crippen LogP contribution is -2.52. The molecule has 104 valence electrons. The van der Waals surface area contributed by atoms with Crippen molar-refractivity contribution in [3.63, 3.8) is 0 Å². The molecule has 0 aromatic heterocycles. The van der Waals surface area contributed by atoms with E-state index in [2.05, 4.69) is 0 Å². The average molecular weight is 265 g/mol. The van der Waals surface area contributed by atoms with Gasteiger partial charge in [0.05, 0.1) is 5.60 Å². The number of benzene rings is 1. The molecule has 1 fully saturated rings. The third-order valence-electron chi connectivity index (χ3n) is 4.99. The first kappa shape index (κ1) is 13.0. The van der Waals surface area contributed by atoms with Gasteiger partial charge < -0.3 is 15.6 Å². The number of aliphatic hydroxyl groups is 1. The Labute approximate surface area is 112 Å². The van der Waals surface area contributed by atoms with Crippen LogP contribution in [-0.4, -0.2) is 24.9 Å². The second kappa shape index (κ2) is 4.54. The Bertz CT molecular complexity index is 485. The molecular formula is C15H20FNO2. The second-order valence-corrected chi connectivity index (χ2v) is 5.76. The molecule has 2 aliphatic rings. The number of aryl methyl sites for hydroxylation is 1. The first-order valence-corrected chi connectivity index (χ1v) is 6.90. The van der Waals surface area contributed by atoms with Gasteiger partial charge in [0.1, 0.15) is 5.82 Å². The zero-order valence-corrected chi connectivity index (χ0v) is 11.0. The Kier molecular flexibility index (Phi) is 3.12. The molecule has 1 saturated heterocycles. The number of rotatable bonds is 2. The van der Waals surface area contributed by atoms with E-state index in [4.69, 9.17) is 10.5 Å². The van der Waals surface area contributed by atoms with E-state index < -0.39 is 5.60 Å². The third kappa shape index (κ3) is 1.82. The zero-order valence-electron chi connectivity index (χ0n) is 11.0. The quantitative estimate of drug-likeness (QED) is 0.856. The van der Waals surface area contributed by atoms with Gasteiger partial charge in [-0.15, -0.1) is 0 Å². The first-order chi connectivity index (χ1) is 9.11. The zero-order chi connectivity index (χ0) is 13.5. The van der Waals surface area contributed by atoms with E-state index in [9.17, 15) is 9.50 Å². The van der Waals surface area contributed by atoms with E-state index in [-0.39, 0.29) is 11.2 Å². The van der Waals surface area contributed by atoms with Crippen molar-refractivity contribution >= 4 is 0 Å². The fraction of sp³-hybridized carbons (Fsp3) is 0.600. The highest BCUT2D eigenvalue weighted by Crippen LogP contribution is 2.53. The van der Waals surface area contributed by atoms with Crippen LogP contribution in [0.3, 0.4) is 0 Å². The number of halogens is 1. The van der Waals surface area contributed by atoms with Crippen LogP contribution in [0, 0.1) is 11.2 Å². The van der Waals surface area contributed by atoms with Crippen LogP contribution in [0.25, 0.3) is 0 Å². The van der Waals surface area contributed by atoms with Crippen molar-refractivity contribution in [3.05, 3.63) is 35.1 Å². The highest BCUT2D eigenvalue weighted by molar-refractivity contribution is 5.39. The fourth-order valence-electron chi connectivity index (χ4n) is 3.72. The highest BCUT2D eigenvalue weighted by Gasteiger charge is 2.53. The maximum atomic E-state index is 13.3. The van der Waals surface area contributed by atoms with Crippen LogP contribution >= 0.6 is 0 Å². The predicted octanol–water partition coefficient (Wildman–Crippen LogP) is 1.72. The normalized spacial score (nSPS) is 29.2. The topological polar surface area (TPSA) is 55.5 Å². The van der Waals surface area contributed by atoms with Crippen molar-refractivity contribution < 1.29 is 14.2 Å². The Morgan fingerprint density at radius 1 is 1.26 bits per heavy atom. The van der Waals surface area contributed by atoms with Gasteiger partial charge in [-0.1, -0.05) is 6.07 Å². The summed E-state index contributed by atoms with van der Waals surface area (Å²) in [6, 6.07) is 4.69.